The SMILES string of the molecule is CCCCCCCCCCCCCCCCCCCCCCCCCCCCCC(=O)O[C@H](COCCCCCCCCCCCCCCCC)COP(=O)(O)OC[C@@H](O)CO. The van der Waals surface area contributed by atoms with Crippen LogP contribution in [0.5, 0.6) is 0 Å². The first-order valence-corrected chi connectivity index (χ1v) is 28.5. The lowest BCUT2D eigenvalue weighted by molar-refractivity contribution is -0.154. The summed E-state index contributed by atoms with van der Waals surface area (Å²) in [5.74, 6) is -0.373. The van der Waals surface area contributed by atoms with Crippen LogP contribution in [0.25, 0.3) is 0 Å². The summed E-state index contributed by atoms with van der Waals surface area (Å²) in [5, 5.41) is 18.4. The van der Waals surface area contributed by atoms with Crippen molar-refractivity contribution in [1.82, 2.24) is 0 Å². The normalized spacial score (nSPS) is 13.7. The van der Waals surface area contributed by atoms with Gasteiger partial charge in [-0.1, -0.05) is 264 Å². The third-order valence-corrected chi connectivity index (χ3v) is 13.2. The smallest absolute Gasteiger partial charge is 0.457 e. The molecule has 3 atom stereocenters. The lowest BCUT2D eigenvalue weighted by Gasteiger charge is -2.20. The fourth-order valence-corrected chi connectivity index (χ4v) is 8.97. The molecule has 0 radical (unpaired) electrons. The van der Waals surface area contributed by atoms with Gasteiger partial charge in [0.2, 0.25) is 0 Å². The molecule has 3 N–H and O–H groups in total. The Kier molecular flexibility index (Phi) is 49.5. The van der Waals surface area contributed by atoms with E-state index in [2.05, 4.69) is 13.8 Å². The Morgan fingerprint density at radius 3 is 1.05 bits per heavy atom. The Morgan fingerprint density at radius 2 is 0.726 bits per heavy atom. The maximum Gasteiger partial charge on any atom is 0.472 e. The van der Waals surface area contributed by atoms with Crippen molar-refractivity contribution in [2.24, 2.45) is 0 Å². The summed E-state index contributed by atoms with van der Waals surface area (Å²) in [6, 6.07) is 0. The van der Waals surface area contributed by atoms with E-state index in [1.54, 1.807) is 0 Å². The van der Waals surface area contributed by atoms with Crippen molar-refractivity contribution in [3.05, 3.63) is 0 Å². The molecule has 0 bridgehead atoms. The molecule has 0 aliphatic heterocycles. The molecular formula is C52H105O9P. The first kappa shape index (κ1) is 61.5. The van der Waals surface area contributed by atoms with Crippen LogP contribution in [0.2, 0.25) is 0 Å². The minimum Gasteiger partial charge on any atom is -0.457 e. The van der Waals surface area contributed by atoms with Gasteiger partial charge in [-0.05, 0) is 12.8 Å². The first-order valence-electron chi connectivity index (χ1n) is 27.0. The number of hydrogen-bond acceptors (Lipinski definition) is 8. The van der Waals surface area contributed by atoms with Crippen LogP contribution < -0.4 is 0 Å². The molecule has 0 amide bonds. The molecule has 0 aromatic rings. The quantitative estimate of drug-likeness (QED) is 0.0310. The molecule has 0 rings (SSSR count). The Morgan fingerprint density at radius 1 is 0.435 bits per heavy atom. The van der Waals surface area contributed by atoms with E-state index in [0.717, 1.165) is 32.1 Å². The number of rotatable bonds is 53. The van der Waals surface area contributed by atoms with Crippen molar-refractivity contribution < 1.29 is 43.0 Å². The monoisotopic (exact) mass is 905 g/mol. The third kappa shape index (κ3) is 48.9. The average Bonchev–Trinajstić information content (AvgIpc) is 3.26. The molecule has 0 spiro atoms. The molecule has 0 heterocycles. The number of esters is 1. The Balaban J connectivity index is 3.90. The molecule has 372 valence electrons. The van der Waals surface area contributed by atoms with E-state index in [0.29, 0.717) is 6.61 Å². The van der Waals surface area contributed by atoms with Crippen LogP contribution in [-0.4, -0.2) is 66.3 Å². The standard InChI is InChI=1S/C52H105O9P/c1-3-5-7-9-11-13-15-17-19-20-21-22-23-24-25-26-27-28-29-30-31-32-34-36-38-40-42-44-52(55)61-51(49-60-62(56,57)59-47-50(54)46-53)48-58-45-43-41-39-37-35-33-18-16-14-12-10-8-6-4-2/h50-51,53-54H,3-49H2,1-2H3,(H,56,57)/t50-,51+/m0/s1. The van der Waals surface area contributed by atoms with Crippen molar-refractivity contribution in [3.8, 4) is 0 Å². The van der Waals surface area contributed by atoms with E-state index in [1.165, 1.54) is 231 Å². The number of hydrogen-bond donors (Lipinski definition) is 3. The highest BCUT2D eigenvalue weighted by Gasteiger charge is 2.26. The van der Waals surface area contributed by atoms with Gasteiger partial charge in [0.1, 0.15) is 12.2 Å². The van der Waals surface area contributed by atoms with E-state index in [-0.39, 0.29) is 25.6 Å². The van der Waals surface area contributed by atoms with E-state index < -0.39 is 33.2 Å². The minimum absolute atomic E-state index is 0.0585. The summed E-state index contributed by atoms with van der Waals surface area (Å²) >= 11 is 0. The predicted molar refractivity (Wildman–Crippen MR) is 261 cm³/mol. The molecule has 0 aromatic carbocycles. The van der Waals surface area contributed by atoms with Crippen LogP contribution in [0.3, 0.4) is 0 Å². The summed E-state index contributed by atoms with van der Waals surface area (Å²) in [5.41, 5.74) is 0. The fraction of sp³-hybridized carbons (Fsp3) is 0.981. The van der Waals surface area contributed by atoms with Gasteiger partial charge in [-0.3, -0.25) is 13.8 Å². The number of unbranched alkanes of at least 4 members (excludes halogenated alkanes) is 39. The Hall–Kier alpha value is -0.540. The molecule has 0 fully saturated rings. The van der Waals surface area contributed by atoms with Crippen LogP contribution in [-0.2, 0) is 27.9 Å². The maximum atomic E-state index is 12.7. The number of aliphatic hydroxyl groups is 2. The second-order valence-electron chi connectivity index (χ2n) is 18.6. The zero-order valence-electron chi connectivity index (χ0n) is 41.1. The van der Waals surface area contributed by atoms with Gasteiger partial charge in [-0.25, -0.2) is 4.57 Å². The predicted octanol–water partition coefficient (Wildman–Crippen LogP) is 15.8. The van der Waals surface area contributed by atoms with Crippen molar-refractivity contribution in [3.63, 3.8) is 0 Å². The van der Waals surface area contributed by atoms with Crippen LogP contribution in [0, 0.1) is 0 Å². The molecule has 62 heavy (non-hydrogen) atoms. The van der Waals surface area contributed by atoms with Gasteiger partial charge in [-0.2, -0.15) is 0 Å². The van der Waals surface area contributed by atoms with Crippen LogP contribution in [0.4, 0.5) is 0 Å². The summed E-state index contributed by atoms with van der Waals surface area (Å²) in [7, 11) is -4.51. The summed E-state index contributed by atoms with van der Waals surface area (Å²) < 4.78 is 33.5. The zero-order chi connectivity index (χ0) is 45.3. The summed E-state index contributed by atoms with van der Waals surface area (Å²) in [6.07, 6.45) is 52.3. The van der Waals surface area contributed by atoms with Crippen molar-refractivity contribution in [2.45, 2.75) is 296 Å². The second kappa shape index (κ2) is 49.9. The van der Waals surface area contributed by atoms with Crippen LogP contribution in [0.1, 0.15) is 284 Å². The number of carbonyl (C=O) groups excluding carboxylic acids is 1. The molecule has 0 aromatic heterocycles. The highest BCUT2D eigenvalue weighted by atomic mass is 31.2. The lowest BCUT2D eigenvalue weighted by atomic mass is 10.0. The highest BCUT2D eigenvalue weighted by Crippen LogP contribution is 2.43. The molecule has 0 aliphatic rings. The fourth-order valence-electron chi connectivity index (χ4n) is 8.18. The number of phosphoric acid groups is 1. The van der Waals surface area contributed by atoms with Crippen molar-refractivity contribution >= 4 is 13.8 Å². The molecule has 9 nitrogen and oxygen atoms in total. The molecule has 1 unspecified atom stereocenters. The highest BCUT2D eigenvalue weighted by molar-refractivity contribution is 7.47. The van der Waals surface area contributed by atoms with Crippen molar-refractivity contribution in [1.29, 1.82) is 0 Å². The van der Waals surface area contributed by atoms with Gasteiger partial charge >= 0.3 is 13.8 Å². The van der Waals surface area contributed by atoms with Crippen LogP contribution in [0.15, 0.2) is 0 Å². The lowest BCUT2D eigenvalue weighted by Crippen LogP contribution is -2.29. The Labute approximate surface area is 384 Å². The van der Waals surface area contributed by atoms with Gasteiger partial charge in [0, 0.05) is 13.0 Å². The van der Waals surface area contributed by atoms with E-state index in [1.807, 2.05) is 0 Å². The van der Waals surface area contributed by atoms with Gasteiger partial charge in [0.15, 0.2) is 0 Å². The number of aliphatic hydroxyl groups excluding tert-OH is 2. The van der Waals surface area contributed by atoms with E-state index in [9.17, 15) is 19.4 Å². The number of carbonyl (C=O) groups is 1. The van der Waals surface area contributed by atoms with Gasteiger partial charge in [0.05, 0.1) is 26.4 Å². The molecule has 0 saturated carbocycles. The Bertz CT molecular complexity index is 938. The second-order valence-corrected chi connectivity index (χ2v) is 20.1. The topological polar surface area (TPSA) is 132 Å². The van der Waals surface area contributed by atoms with E-state index in [4.69, 9.17) is 23.6 Å². The largest absolute Gasteiger partial charge is 0.472 e. The third-order valence-electron chi connectivity index (χ3n) is 12.3. The van der Waals surface area contributed by atoms with Crippen LogP contribution >= 0.6 is 7.82 Å². The molecule has 0 saturated heterocycles. The van der Waals surface area contributed by atoms with Gasteiger partial charge < -0.3 is 24.6 Å². The molecule has 10 heteroatoms. The van der Waals surface area contributed by atoms with Gasteiger partial charge in [0.25, 0.3) is 0 Å². The zero-order valence-corrected chi connectivity index (χ0v) is 42.0. The first-order chi connectivity index (χ1) is 30.3. The average molecular weight is 905 g/mol. The van der Waals surface area contributed by atoms with Crippen molar-refractivity contribution in [2.75, 3.05) is 33.0 Å². The maximum absolute atomic E-state index is 12.7. The van der Waals surface area contributed by atoms with E-state index >= 15 is 0 Å². The molecule has 0 aliphatic carbocycles. The summed E-state index contributed by atoms with van der Waals surface area (Å²) in [4.78, 5) is 22.7. The number of ether oxygens (including phenoxy) is 2. The van der Waals surface area contributed by atoms with Gasteiger partial charge in [-0.15, -0.1) is 0 Å². The summed E-state index contributed by atoms with van der Waals surface area (Å²) in [6.45, 7) is 3.60. The minimum atomic E-state index is -4.51. The number of phosphoric ester groups is 1. The molecular weight excluding hydrogens is 800 g/mol.